The number of hydrogen-bond donors (Lipinski definition) is 1. The van der Waals surface area contributed by atoms with E-state index < -0.39 is 0 Å². The Balaban J connectivity index is 1.74. The summed E-state index contributed by atoms with van der Waals surface area (Å²) in [6.07, 6.45) is 7.75. The molecular weight excluding hydrogens is 252 g/mol. The van der Waals surface area contributed by atoms with Gasteiger partial charge in [0.25, 0.3) is 0 Å². The molecule has 1 aromatic carbocycles. The Labute approximate surface area is 120 Å². The smallest absolute Gasteiger partial charge is 0.118 e. The van der Waals surface area contributed by atoms with Crippen LogP contribution in [0.25, 0.3) is 0 Å². The summed E-state index contributed by atoms with van der Waals surface area (Å²) in [7, 11) is 1.68. The zero-order valence-electron chi connectivity index (χ0n) is 12.0. The maximum absolute atomic E-state index is 8.96. The maximum atomic E-state index is 8.96. The zero-order valence-corrected chi connectivity index (χ0v) is 12.0. The van der Waals surface area contributed by atoms with Crippen molar-refractivity contribution >= 4 is 0 Å². The highest BCUT2D eigenvalue weighted by Crippen LogP contribution is 2.13. The number of imidazole rings is 1. The average molecular weight is 274 g/mol. The van der Waals surface area contributed by atoms with Crippen molar-refractivity contribution in [3.8, 4) is 5.75 Å². The fraction of sp³-hybridized carbons (Fsp3) is 0.438. The fourth-order valence-corrected chi connectivity index (χ4v) is 2.28. The number of aromatic nitrogens is 2. The summed E-state index contributed by atoms with van der Waals surface area (Å²) >= 11 is 0. The van der Waals surface area contributed by atoms with E-state index in [4.69, 9.17) is 9.84 Å². The first-order valence-corrected chi connectivity index (χ1v) is 7.07. The van der Waals surface area contributed by atoms with Gasteiger partial charge in [-0.05, 0) is 37.0 Å². The predicted octanol–water partition coefficient (Wildman–Crippen LogP) is 2.45. The van der Waals surface area contributed by atoms with Crippen molar-refractivity contribution in [1.29, 1.82) is 0 Å². The Hall–Kier alpha value is -1.81. The van der Waals surface area contributed by atoms with Gasteiger partial charge >= 0.3 is 0 Å². The van der Waals surface area contributed by atoms with Crippen molar-refractivity contribution in [3.63, 3.8) is 0 Å². The summed E-state index contributed by atoms with van der Waals surface area (Å²) in [6.45, 7) is 1.12. The highest BCUT2D eigenvalue weighted by Gasteiger charge is 2.01. The van der Waals surface area contributed by atoms with Crippen molar-refractivity contribution in [1.82, 2.24) is 9.55 Å². The van der Waals surface area contributed by atoms with Crippen LogP contribution in [0, 0.1) is 0 Å². The van der Waals surface area contributed by atoms with Crippen LogP contribution in [0.4, 0.5) is 0 Å². The van der Waals surface area contributed by atoms with E-state index >= 15 is 0 Å². The molecule has 2 aromatic rings. The molecule has 0 aliphatic rings. The van der Waals surface area contributed by atoms with E-state index in [0.717, 1.165) is 37.4 Å². The Bertz CT molecular complexity index is 505. The van der Waals surface area contributed by atoms with E-state index in [1.165, 1.54) is 5.56 Å². The van der Waals surface area contributed by atoms with Crippen LogP contribution in [0.2, 0.25) is 0 Å². The van der Waals surface area contributed by atoms with Gasteiger partial charge in [-0.3, -0.25) is 0 Å². The Morgan fingerprint density at radius 1 is 1.15 bits per heavy atom. The van der Waals surface area contributed by atoms with Crippen molar-refractivity contribution in [2.45, 2.75) is 32.2 Å². The SMILES string of the molecule is COc1ccc(CCCCn2ccnc2CCO)cc1. The lowest BCUT2D eigenvalue weighted by Gasteiger charge is -2.07. The summed E-state index contributed by atoms with van der Waals surface area (Å²) in [5.41, 5.74) is 1.34. The van der Waals surface area contributed by atoms with Gasteiger partial charge < -0.3 is 14.4 Å². The van der Waals surface area contributed by atoms with Gasteiger partial charge in [-0.1, -0.05) is 12.1 Å². The lowest BCUT2D eigenvalue weighted by Crippen LogP contribution is -2.05. The quantitative estimate of drug-likeness (QED) is 0.752. The molecule has 0 bridgehead atoms. The summed E-state index contributed by atoms with van der Waals surface area (Å²) in [6, 6.07) is 8.25. The van der Waals surface area contributed by atoms with Gasteiger partial charge in [-0.2, -0.15) is 0 Å². The third-order valence-electron chi connectivity index (χ3n) is 3.41. The molecule has 0 aliphatic heterocycles. The molecule has 1 heterocycles. The molecule has 0 aliphatic carbocycles. The molecule has 1 N–H and O–H groups in total. The largest absolute Gasteiger partial charge is 0.497 e. The van der Waals surface area contributed by atoms with Crippen LogP contribution in [0.15, 0.2) is 36.7 Å². The first-order valence-electron chi connectivity index (χ1n) is 7.07. The van der Waals surface area contributed by atoms with E-state index in [1.54, 1.807) is 13.3 Å². The Morgan fingerprint density at radius 3 is 2.65 bits per heavy atom. The molecule has 108 valence electrons. The highest BCUT2D eigenvalue weighted by molar-refractivity contribution is 5.27. The van der Waals surface area contributed by atoms with Crippen molar-refractivity contribution in [3.05, 3.63) is 48.0 Å². The molecule has 0 spiro atoms. The molecule has 0 saturated carbocycles. The second-order valence-electron chi connectivity index (χ2n) is 4.82. The minimum atomic E-state index is 0.156. The minimum absolute atomic E-state index is 0.156. The molecule has 0 radical (unpaired) electrons. The lowest BCUT2D eigenvalue weighted by atomic mass is 10.1. The molecule has 20 heavy (non-hydrogen) atoms. The van der Waals surface area contributed by atoms with Gasteiger partial charge in [-0.25, -0.2) is 4.98 Å². The number of ether oxygens (including phenoxy) is 1. The fourth-order valence-electron chi connectivity index (χ4n) is 2.28. The lowest BCUT2D eigenvalue weighted by molar-refractivity contribution is 0.294. The second-order valence-corrected chi connectivity index (χ2v) is 4.82. The van der Waals surface area contributed by atoms with E-state index in [-0.39, 0.29) is 6.61 Å². The van der Waals surface area contributed by atoms with Crippen LogP contribution < -0.4 is 4.74 Å². The number of rotatable bonds is 8. The molecule has 0 unspecified atom stereocenters. The maximum Gasteiger partial charge on any atom is 0.118 e. The first-order chi connectivity index (χ1) is 9.83. The van der Waals surface area contributed by atoms with Gasteiger partial charge in [0.1, 0.15) is 11.6 Å². The average Bonchev–Trinajstić information content (AvgIpc) is 2.92. The van der Waals surface area contributed by atoms with Gasteiger partial charge in [-0.15, -0.1) is 0 Å². The van der Waals surface area contributed by atoms with Gasteiger partial charge in [0, 0.05) is 25.4 Å². The molecular formula is C16H22N2O2. The number of aliphatic hydroxyl groups is 1. The molecule has 0 atom stereocenters. The molecule has 4 heteroatoms. The van der Waals surface area contributed by atoms with E-state index in [0.29, 0.717) is 6.42 Å². The van der Waals surface area contributed by atoms with E-state index in [1.807, 2.05) is 18.3 Å². The molecule has 0 saturated heterocycles. The summed E-state index contributed by atoms with van der Waals surface area (Å²) in [5, 5.41) is 8.96. The number of nitrogens with zero attached hydrogens (tertiary/aromatic N) is 2. The number of aryl methyl sites for hydroxylation is 2. The number of benzene rings is 1. The van der Waals surface area contributed by atoms with Crippen LogP contribution in [0.3, 0.4) is 0 Å². The predicted molar refractivity (Wildman–Crippen MR) is 78.9 cm³/mol. The summed E-state index contributed by atoms with van der Waals surface area (Å²) in [4.78, 5) is 4.25. The topological polar surface area (TPSA) is 47.3 Å². The van der Waals surface area contributed by atoms with Crippen LogP contribution >= 0.6 is 0 Å². The Morgan fingerprint density at radius 2 is 1.95 bits per heavy atom. The van der Waals surface area contributed by atoms with E-state index in [2.05, 4.69) is 21.7 Å². The zero-order chi connectivity index (χ0) is 14.2. The third kappa shape index (κ3) is 4.10. The molecule has 0 amide bonds. The highest BCUT2D eigenvalue weighted by atomic mass is 16.5. The Kier molecular flexibility index (Phi) is 5.62. The van der Waals surface area contributed by atoms with Crippen LogP contribution in [-0.4, -0.2) is 28.4 Å². The van der Waals surface area contributed by atoms with Crippen LogP contribution in [0.5, 0.6) is 5.75 Å². The molecule has 1 aromatic heterocycles. The van der Waals surface area contributed by atoms with Gasteiger partial charge in [0.2, 0.25) is 0 Å². The van der Waals surface area contributed by atoms with Gasteiger partial charge in [0.05, 0.1) is 13.7 Å². The molecule has 4 nitrogen and oxygen atoms in total. The van der Waals surface area contributed by atoms with Crippen LogP contribution in [-0.2, 0) is 19.4 Å². The van der Waals surface area contributed by atoms with E-state index in [9.17, 15) is 0 Å². The summed E-state index contributed by atoms with van der Waals surface area (Å²) in [5.74, 6) is 1.87. The normalized spacial score (nSPS) is 10.7. The first kappa shape index (κ1) is 14.6. The number of hydrogen-bond acceptors (Lipinski definition) is 3. The number of aliphatic hydroxyl groups excluding tert-OH is 1. The van der Waals surface area contributed by atoms with Crippen molar-refractivity contribution < 1.29 is 9.84 Å². The van der Waals surface area contributed by atoms with Gasteiger partial charge in [0.15, 0.2) is 0 Å². The van der Waals surface area contributed by atoms with Crippen molar-refractivity contribution in [2.75, 3.05) is 13.7 Å². The molecule has 0 fully saturated rings. The standard InChI is InChI=1S/C16H22N2O2/c1-20-15-7-5-14(6-8-15)4-2-3-11-18-12-10-17-16(18)9-13-19/h5-8,10,12,19H,2-4,9,11,13H2,1H3. The minimum Gasteiger partial charge on any atom is -0.497 e. The molecule has 2 rings (SSSR count). The second kappa shape index (κ2) is 7.70. The monoisotopic (exact) mass is 274 g/mol. The number of methoxy groups -OCH3 is 1. The number of unbranched alkanes of at least 4 members (excludes halogenated alkanes) is 1. The third-order valence-corrected chi connectivity index (χ3v) is 3.41. The summed E-state index contributed by atoms with van der Waals surface area (Å²) < 4.78 is 7.28. The van der Waals surface area contributed by atoms with Crippen molar-refractivity contribution in [2.24, 2.45) is 0 Å². The van der Waals surface area contributed by atoms with Crippen LogP contribution in [0.1, 0.15) is 24.2 Å².